The zero-order chi connectivity index (χ0) is 14.7. The van der Waals surface area contributed by atoms with Crippen LogP contribution >= 0.6 is 27.5 Å². The van der Waals surface area contributed by atoms with Crippen molar-refractivity contribution >= 4 is 27.5 Å². The van der Waals surface area contributed by atoms with Crippen LogP contribution in [0, 0.1) is 12.7 Å². The molecule has 1 nitrogen and oxygen atoms in total. The SMILES string of the molecule is CCOc1ccc(C(Cl)c2cc(C)ccc2F)c(Br)c1. The third kappa shape index (κ3) is 3.33. The van der Waals surface area contributed by atoms with Crippen LogP contribution in [0.4, 0.5) is 4.39 Å². The molecule has 4 heteroatoms. The summed E-state index contributed by atoms with van der Waals surface area (Å²) in [7, 11) is 0. The Bertz CT molecular complexity index is 615. The average Bonchev–Trinajstić information content (AvgIpc) is 2.41. The normalized spacial score (nSPS) is 12.2. The maximum atomic E-state index is 13.9. The smallest absolute Gasteiger partial charge is 0.128 e. The van der Waals surface area contributed by atoms with Crippen LogP contribution in [0.5, 0.6) is 5.75 Å². The lowest BCUT2D eigenvalue weighted by atomic mass is 10.0. The monoisotopic (exact) mass is 356 g/mol. The molecule has 0 aliphatic rings. The first-order chi connectivity index (χ1) is 9.52. The first kappa shape index (κ1) is 15.3. The molecular weight excluding hydrogens is 343 g/mol. The highest BCUT2D eigenvalue weighted by molar-refractivity contribution is 9.10. The van der Waals surface area contributed by atoms with Gasteiger partial charge >= 0.3 is 0 Å². The second kappa shape index (κ2) is 6.59. The minimum Gasteiger partial charge on any atom is -0.494 e. The van der Waals surface area contributed by atoms with Crippen LogP contribution in [-0.4, -0.2) is 6.61 Å². The number of benzene rings is 2. The summed E-state index contributed by atoms with van der Waals surface area (Å²) < 4.78 is 20.1. The van der Waals surface area contributed by atoms with Gasteiger partial charge < -0.3 is 4.74 Å². The molecule has 1 atom stereocenters. The first-order valence-corrected chi connectivity index (χ1v) is 7.58. The first-order valence-electron chi connectivity index (χ1n) is 6.35. The molecule has 0 saturated heterocycles. The fourth-order valence-corrected chi connectivity index (χ4v) is 3.07. The van der Waals surface area contributed by atoms with E-state index in [9.17, 15) is 4.39 Å². The van der Waals surface area contributed by atoms with Gasteiger partial charge in [0.2, 0.25) is 0 Å². The van der Waals surface area contributed by atoms with Crippen LogP contribution in [-0.2, 0) is 0 Å². The molecule has 0 radical (unpaired) electrons. The third-order valence-corrected chi connectivity index (χ3v) is 4.14. The number of aryl methyl sites for hydroxylation is 1. The van der Waals surface area contributed by atoms with Crippen molar-refractivity contribution in [3.8, 4) is 5.75 Å². The van der Waals surface area contributed by atoms with Crippen LogP contribution in [0.3, 0.4) is 0 Å². The van der Waals surface area contributed by atoms with E-state index < -0.39 is 5.38 Å². The molecule has 0 bridgehead atoms. The number of rotatable bonds is 4. The van der Waals surface area contributed by atoms with E-state index in [1.54, 1.807) is 12.1 Å². The van der Waals surface area contributed by atoms with E-state index in [1.807, 2.05) is 32.0 Å². The number of alkyl halides is 1. The van der Waals surface area contributed by atoms with Crippen LogP contribution in [0.15, 0.2) is 40.9 Å². The molecule has 1 unspecified atom stereocenters. The Morgan fingerprint density at radius 1 is 1.20 bits per heavy atom. The Balaban J connectivity index is 2.38. The summed E-state index contributed by atoms with van der Waals surface area (Å²) in [6.45, 7) is 4.44. The number of hydrogen-bond donors (Lipinski definition) is 0. The number of halogens is 3. The van der Waals surface area contributed by atoms with Crippen molar-refractivity contribution in [2.45, 2.75) is 19.2 Å². The van der Waals surface area contributed by atoms with E-state index in [0.717, 1.165) is 21.3 Å². The third-order valence-electron chi connectivity index (χ3n) is 2.98. The molecule has 106 valence electrons. The minimum absolute atomic E-state index is 0.295. The minimum atomic E-state index is -0.542. The zero-order valence-electron chi connectivity index (χ0n) is 11.3. The van der Waals surface area contributed by atoms with Crippen molar-refractivity contribution in [3.05, 3.63) is 63.4 Å². The summed E-state index contributed by atoms with van der Waals surface area (Å²) in [5.74, 6) is 0.466. The summed E-state index contributed by atoms with van der Waals surface area (Å²) in [6.07, 6.45) is 0. The highest BCUT2D eigenvalue weighted by Crippen LogP contribution is 2.37. The second-order valence-corrected chi connectivity index (χ2v) is 5.79. The fraction of sp³-hybridized carbons (Fsp3) is 0.250. The van der Waals surface area contributed by atoms with Gasteiger partial charge in [-0.25, -0.2) is 4.39 Å². The Labute approximate surface area is 131 Å². The molecule has 0 fully saturated rings. The molecule has 0 amide bonds. The lowest BCUT2D eigenvalue weighted by Gasteiger charge is -2.15. The van der Waals surface area contributed by atoms with Crippen molar-refractivity contribution in [3.63, 3.8) is 0 Å². The highest BCUT2D eigenvalue weighted by Gasteiger charge is 2.18. The molecule has 0 N–H and O–H groups in total. The summed E-state index contributed by atoms with van der Waals surface area (Å²) in [6, 6.07) is 10.5. The van der Waals surface area contributed by atoms with Crippen molar-refractivity contribution in [1.29, 1.82) is 0 Å². The van der Waals surface area contributed by atoms with Gasteiger partial charge in [-0.05, 0) is 37.6 Å². The summed E-state index contributed by atoms with van der Waals surface area (Å²) in [5.41, 5.74) is 2.28. The van der Waals surface area contributed by atoms with Crippen molar-refractivity contribution in [2.24, 2.45) is 0 Å². The lowest BCUT2D eigenvalue weighted by molar-refractivity contribution is 0.340. The van der Waals surface area contributed by atoms with Crippen LogP contribution in [0.1, 0.15) is 29.0 Å². The predicted molar refractivity (Wildman–Crippen MR) is 84.1 cm³/mol. The second-order valence-electron chi connectivity index (χ2n) is 4.50. The van der Waals surface area contributed by atoms with Gasteiger partial charge in [-0.2, -0.15) is 0 Å². The maximum absolute atomic E-state index is 13.9. The molecule has 0 heterocycles. The van der Waals surface area contributed by atoms with Crippen LogP contribution in [0.25, 0.3) is 0 Å². The van der Waals surface area contributed by atoms with Gasteiger partial charge in [0, 0.05) is 10.0 Å². The van der Waals surface area contributed by atoms with E-state index in [4.69, 9.17) is 16.3 Å². The van der Waals surface area contributed by atoms with Gasteiger partial charge in [0.15, 0.2) is 0 Å². The standard InChI is InChI=1S/C16H15BrClFO/c1-3-20-11-5-6-12(14(17)9-11)16(18)13-8-10(2)4-7-15(13)19/h4-9,16H,3H2,1-2H3. The number of ether oxygens (including phenoxy) is 1. The predicted octanol–water partition coefficient (Wildman–Crippen LogP) is 5.62. The van der Waals surface area contributed by atoms with Gasteiger partial charge in [-0.15, -0.1) is 11.6 Å². The Morgan fingerprint density at radius 2 is 1.95 bits per heavy atom. The van der Waals surface area contributed by atoms with E-state index in [2.05, 4.69) is 15.9 Å². The van der Waals surface area contributed by atoms with Gasteiger partial charge in [-0.1, -0.05) is 39.7 Å². The molecule has 0 spiro atoms. The molecule has 0 aliphatic carbocycles. The van der Waals surface area contributed by atoms with E-state index >= 15 is 0 Å². The summed E-state index contributed by atoms with van der Waals surface area (Å²) in [4.78, 5) is 0. The van der Waals surface area contributed by atoms with E-state index in [0.29, 0.717) is 12.2 Å². The largest absolute Gasteiger partial charge is 0.494 e. The van der Waals surface area contributed by atoms with Crippen molar-refractivity contribution in [1.82, 2.24) is 0 Å². The Morgan fingerprint density at radius 3 is 2.60 bits per heavy atom. The van der Waals surface area contributed by atoms with Gasteiger partial charge in [-0.3, -0.25) is 0 Å². The molecule has 0 aromatic heterocycles. The fourth-order valence-electron chi connectivity index (χ4n) is 1.99. The number of hydrogen-bond acceptors (Lipinski definition) is 1. The molecule has 0 saturated carbocycles. The molecular formula is C16H15BrClFO. The molecule has 0 aliphatic heterocycles. The lowest BCUT2D eigenvalue weighted by Crippen LogP contribution is -2.00. The Hall–Kier alpha value is -1.06. The summed E-state index contributed by atoms with van der Waals surface area (Å²) >= 11 is 9.90. The highest BCUT2D eigenvalue weighted by atomic mass is 79.9. The molecule has 20 heavy (non-hydrogen) atoms. The van der Waals surface area contributed by atoms with E-state index in [1.165, 1.54) is 6.07 Å². The van der Waals surface area contributed by atoms with Gasteiger partial charge in [0.25, 0.3) is 0 Å². The van der Waals surface area contributed by atoms with Crippen molar-refractivity contribution < 1.29 is 9.13 Å². The van der Waals surface area contributed by atoms with Crippen molar-refractivity contribution in [2.75, 3.05) is 6.61 Å². The quantitative estimate of drug-likeness (QED) is 0.645. The van der Waals surface area contributed by atoms with Gasteiger partial charge in [0.1, 0.15) is 11.6 Å². The maximum Gasteiger partial charge on any atom is 0.128 e. The Kier molecular flexibility index (Phi) is 5.06. The zero-order valence-corrected chi connectivity index (χ0v) is 13.6. The molecule has 2 aromatic rings. The van der Waals surface area contributed by atoms with Crippen LogP contribution < -0.4 is 4.74 Å². The molecule has 2 rings (SSSR count). The molecule has 2 aromatic carbocycles. The summed E-state index contributed by atoms with van der Waals surface area (Å²) in [5, 5.41) is -0.542. The average molecular weight is 358 g/mol. The van der Waals surface area contributed by atoms with E-state index in [-0.39, 0.29) is 5.82 Å². The van der Waals surface area contributed by atoms with Gasteiger partial charge in [0.05, 0.1) is 12.0 Å². The van der Waals surface area contributed by atoms with Crippen LogP contribution in [0.2, 0.25) is 0 Å². The topological polar surface area (TPSA) is 9.23 Å².